The summed E-state index contributed by atoms with van der Waals surface area (Å²) >= 11 is 10.0. The molecule has 0 bridgehead atoms. The summed E-state index contributed by atoms with van der Waals surface area (Å²) in [4.78, 5) is 0. The molecule has 0 amide bonds. The standard InChI is InChI=1S/C14H20BrClN2/c1-3-11-13(15)12(18(2)17-11)7-14(8-16)5-9-4-10(9)6-14/h9-10H,3-8H2,1-2H3. The molecule has 2 aliphatic carbocycles. The quantitative estimate of drug-likeness (QED) is 0.764. The summed E-state index contributed by atoms with van der Waals surface area (Å²) in [5.74, 6) is 2.74. The topological polar surface area (TPSA) is 17.8 Å². The van der Waals surface area contributed by atoms with Crippen LogP contribution in [0.5, 0.6) is 0 Å². The predicted octanol–water partition coefficient (Wildman–Crippen LogP) is 3.94. The van der Waals surface area contributed by atoms with E-state index in [-0.39, 0.29) is 0 Å². The van der Waals surface area contributed by atoms with Crippen LogP contribution in [0.3, 0.4) is 0 Å². The Morgan fingerprint density at radius 3 is 2.61 bits per heavy atom. The Hall–Kier alpha value is -0.0200. The van der Waals surface area contributed by atoms with Gasteiger partial charge in [0.05, 0.1) is 15.9 Å². The lowest BCUT2D eigenvalue weighted by Crippen LogP contribution is -2.25. The van der Waals surface area contributed by atoms with Crippen LogP contribution in [0.4, 0.5) is 0 Å². The van der Waals surface area contributed by atoms with Gasteiger partial charge in [-0.15, -0.1) is 11.6 Å². The number of hydrogen-bond acceptors (Lipinski definition) is 1. The second kappa shape index (κ2) is 4.52. The number of aromatic nitrogens is 2. The van der Waals surface area contributed by atoms with Crippen LogP contribution in [0.2, 0.25) is 0 Å². The fourth-order valence-electron chi connectivity index (χ4n) is 3.67. The minimum absolute atomic E-state index is 0.330. The molecule has 2 atom stereocenters. The van der Waals surface area contributed by atoms with Crippen molar-refractivity contribution in [2.45, 2.75) is 39.0 Å². The van der Waals surface area contributed by atoms with Gasteiger partial charge in [0.15, 0.2) is 0 Å². The second-order valence-corrected chi connectivity index (χ2v) is 7.22. The van der Waals surface area contributed by atoms with Crippen LogP contribution in [-0.4, -0.2) is 15.7 Å². The minimum Gasteiger partial charge on any atom is -0.271 e. The van der Waals surface area contributed by atoms with Crippen molar-refractivity contribution in [3.05, 3.63) is 15.9 Å². The number of rotatable bonds is 4. The molecule has 0 N–H and O–H groups in total. The molecule has 3 rings (SSSR count). The zero-order chi connectivity index (χ0) is 12.9. The van der Waals surface area contributed by atoms with Crippen LogP contribution >= 0.6 is 27.5 Å². The van der Waals surface area contributed by atoms with Crippen molar-refractivity contribution in [2.75, 3.05) is 5.88 Å². The Morgan fingerprint density at radius 1 is 1.44 bits per heavy atom. The van der Waals surface area contributed by atoms with Crippen LogP contribution in [0.25, 0.3) is 0 Å². The molecule has 2 nitrogen and oxygen atoms in total. The van der Waals surface area contributed by atoms with Crippen LogP contribution in [-0.2, 0) is 19.9 Å². The molecule has 18 heavy (non-hydrogen) atoms. The van der Waals surface area contributed by atoms with Crippen molar-refractivity contribution in [3.8, 4) is 0 Å². The number of halogens is 2. The summed E-state index contributed by atoms with van der Waals surface area (Å²) in [5.41, 5.74) is 2.82. The highest BCUT2D eigenvalue weighted by molar-refractivity contribution is 9.10. The molecular formula is C14H20BrClN2. The number of alkyl halides is 1. The van der Waals surface area contributed by atoms with Gasteiger partial charge in [0.2, 0.25) is 0 Å². The number of aryl methyl sites for hydroxylation is 2. The molecule has 1 heterocycles. The summed E-state index contributed by atoms with van der Waals surface area (Å²) in [6.45, 7) is 2.15. The Bertz CT molecular complexity index is 459. The Morgan fingerprint density at radius 2 is 2.11 bits per heavy atom. The van der Waals surface area contributed by atoms with Crippen molar-refractivity contribution in [1.82, 2.24) is 9.78 Å². The maximum atomic E-state index is 6.30. The molecule has 2 fully saturated rings. The highest BCUT2D eigenvalue weighted by atomic mass is 79.9. The summed E-state index contributed by atoms with van der Waals surface area (Å²) in [6.07, 6.45) is 6.15. The molecule has 0 spiro atoms. The lowest BCUT2D eigenvalue weighted by atomic mass is 9.80. The first-order valence-corrected chi connectivity index (χ1v) is 8.17. The smallest absolute Gasteiger partial charge is 0.0766 e. The molecule has 0 radical (unpaired) electrons. The van der Waals surface area contributed by atoms with E-state index in [4.69, 9.17) is 11.6 Å². The number of hydrogen-bond donors (Lipinski definition) is 0. The van der Waals surface area contributed by atoms with Gasteiger partial charge < -0.3 is 0 Å². The van der Waals surface area contributed by atoms with E-state index in [0.717, 1.165) is 30.6 Å². The van der Waals surface area contributed by atoms with E-state index in [2.05, 4.69) is 35.0 Å². The molecular weight excluding hydrogens is 312 g/mol. The molecule has 0 aromatic carbocycles. The lowest BCUT2D eigenvalue weighted by molar-refractivity contribution is 0.295. The van der Waals surface area contributed by atoms with Crippen molar-refractivity contribution in [3.63, 3.8) is 0 Å². The van der Waals surface area contributed by atoms with E-state index in [9.17, 15) is 0 Å². The van der Waals surface area contributed by atoms with Crippen molar-refractivity contribution in [2.24, 2.45) is 24.3 Å². The van der Waals surface area contributed by atoms with Gasteiger partial charge in [0.25, 0.3) is 0 Å². The lowest BCUT2D eigenvalue weighted by Gasteiger charge is -2.28. The zero-order valence-electron chi connectivity index (χ0n) is 11.0. The summed E-state index contributed by atoms with van der Waals surface area (Å²) in [7, 11) is 2.05. The van der Waals surface area contributed by atoms with Gasteiger partial charge in [-0.1, -0.05) is 6.92 Å². The first-order chi connectivity index (χ1) is 8.58. The first-order valence-electron chi connectivity index (χ1n) is 6.85. The maximum Gasteiger partial charge on any atom is 0.0766 e. The molecule has 2 unspecified atom stereocenters. The third kappa shape index (κ3) is 2.03. The highest BCUT2D eigenvalue weighted by Crippen LogP contribution is 2.61. The van der Waals surface area contributed by atoms with Crippen LogP contribution in [0, 0.1) is 17.3 Å². The average Bonchev–Trinajstić information content (AvgIpc) is 2.90. The third-order valence-corrected chi connectivity index (χ3v) is 6.27. The van der Waals surface area contributed by atoms with Crippen molar-refractivity contribution in [1.29, 1.82) is 0 Å². The average molecular weight is 332 g/mol. The van der Waals surface area contributed by atoms with Gasteiger partial charge in [-0.3, -0.25) is 4.68 Å². The summed E-state index contributed by atoms with van der Waals surface area (Å²) < 4.78 is 3.25. The van der Waals surface area contributed by atoms with Crippen molar-refractivity contribution < 1.29 is 0 Å². The Balaban J connectivity index is 1.85. The van der Waals surface area contributed by atoms with Crippen LogP contribution < -0.4 is 0 Å². The molecule has 1 aromatic heterocycles. The van der Waals surface area contributed by atoms with Gasteiger partial charge >= 0.3 is 0 Å². The van der Waals surface area contributed by atoms with E-state index in [1.54, 1.807) is 0 Å². The number of nitrogens with zero attached hydrogens (tertiary/aromatic N) is 2. The minimum atomic E-state index is 0.330. The molecule has 100 valence electrons. The fourth-order valence-corrected chi connectivity index (χ4v) is 4.74. The maximum absolute atomic E-state index is 6.30. The second-order valence-electron chi connectivity index (χ2n) is 6.16. The van der Waals surface area contributed by atoms with E-state index < -0.39 is 0 Å². The van der Waals surface area contributed by atoms with E-state index in [0.29, 0.717) is 5.41 Å². The molecule has 4 heteroatoms. The van der Waals surface area contributed by atoms with Crippen LogP contribution in [0.15, 0.2) is 4.47 Å². The van der Waals surface area contributed by atoms with E-state index >= 15 is 0 Å². The number of fused-ring (bicyclic) bond motifs is 1. The highest BCUT2D eigenvalue weighted by Gasteiger charge is 2.53. The SMILES string of the molecule is CCc1nn(C)c(CC2(CCl)CC3CC3C2)c1Br. The van der Waals surface area contributed by atoms with Gasteiger partial charge in [0, 0.05) is 12.9 Å². The zero-order valence-corrected chi connectivity index (χ0v) is 13.4. The largest absolute Gasteiger partial charge is 0.271 e. The van der Waals surface area contributed by atoms with E-state index in [1.165, 1.54) is 35.1 Å². The van der Waals surface area contributed by atoms with Gasteiger partial charge in [-0.2, -0.15) is 5.10 Å². The Labute approximate surface area is 122 Å². The van der Waals surface area contributed by atoms with E-state index in [1.807, 2.05) is 4.68 Å². The molecule has 2 saturated carbocycles. The van der Waals surface area contributed by atoms with Gasteiger partial charge in [0.1, 0.15) is 0 Å². The summed E-state index contributed by atoms with van der Waals surface area (Å²) in [6, 6.07) is 0. The van der Waals surface area contributed by atoms with Gasteiger partial charge in [-0.05, 0) is 65.3 Å². The van der Waals surface area contributed by atoms with Crippen LogP contribution in [0.1, 0.15) is 37.6 Å². The monoisotopic (exact) mass is 330 g/mol. The Kier molecular flexibility index (Phi) is 3.26. The molecule has 0 aliphatic heterocycles. The van der Waals surface area contributed by atoms with Gasteiger partial charge in [-0.25, -0.2) is 0 Å². The fraction of sp³-hybridized carbons (Fsp3) is 0.786. The molecule has 0 saturated heterocycles. The van der Waals surface area contributed by atoms with Crippen molar-refractivity contribution >= 4 is 27.5 Å². The summed E-state index contributed by atoms with van der Waals surface area (Å²) in [5, 5.41) is 4.59. The first kappa shape index (κ1) is 13.0. The molecule has 1 aromatic rings. The normalized spacial score (nSPS) is 33.8. The third-order valence-electron chi connectivity index (χ3n) is 4.79. The molecule has 2 aliphatic rings. The predicted molar refractivity (Wildman–Crippen MR) is 78.0 cm³/mol.